The van der Waals surface area contributed by atoms with Crippen LogP contribution in [0, 0.1) is 0 Å². The topological polar surface area (TPSA) is 110 Å². The van der Waals surface area contributed by atoms with Crippen LogP contribution in [0.15, 0.2) is 59.5 Å². The maximum atomic E-state index is 13.6. The van der Waals surface area contributed by atoms with Crippen molar-refractivity contribution in [1.82, 2.24) is 9.21 Å². The molecule has 0 radical (unpaired) electrons. The minimum atomic E-state index is -3.96. The van der Waals surface area contributed by atoms with Gasteiger partial charge in [0.05, 0.1) is 12.0 Å². The maximum Gasteiger partial charge on any atom is 0.243 e. The quantitative estimate of drug-likeness (QED) is 0.569. The molecule has 1 heterocycles. The normalized spacial score (nSPS) is 18.2. The van der Waals surface area contributed by atoms with Crippen molar-refractivity contribution in [3.05, 3.63) is 60.2 Å². The average molecular weight is 474 g/mol. The summed E-state index contributed by atoms with van der Waals surface area (Å²) in [5.74, 6) is -0.431. The lowest BCUT2D eigenvalue weighted by molar-refractivity contribution is -0.146. The number of hydrogen-bond donors (Lipinski definition) is 1. The molecule has 0 unspecified atom stereocenters. The molecule has 178 valence electrons. The van der Waals surface area contributed by atoms with E-state index in [0.717, 1.165) is 18.4 Å². The molecule has 2 amide bonds. The van der Waals surface area contributed by atoms with E-state index in [0.29, 0.717) is 12.2 Å². The third-order valence-corrected chi connectivity index (χ3v) is 7.87. The van der Waals surface area contributed by atoms with E-state index in [1.807, 2.05) is 37.3 Å². The Bertz CT molecular complexity index is 1060. The number of rotatable bonds is 10. The van der Waals surface area contributed by atoms with E-state index in [1.54, 1.807) is 12.1 Å². The molecule has 0 aromatic heterocycles. The number of amides is 2. The molecule has 3 rings (SSSR count). The zero-order valence-corrected chi connectivity index (χ0v) is 19.8. The molecule has 1 aliphatic rings. The Balaban J connectivity index is 1.97. The van der Waals surface area contributed by atoms with Crippen molar-refractivity contribution in [2.45, 2.75) is 49.6 Å². The second-order valence-corrected chi connectivity index (χ2v) is 9.98. The van der Waals surface area contributed by atoms with Crippen LogP contribution < -0.4 is 10.5 Å². The minimum absolute atomic E-state index is 0.0769. The summed E-state index contributed by atoms with van der Waals surface area (Å²) < 4.78 is 33.5. The Labute approximate surface area is 195 Å². The van der Waals surface area contributed by atoms with Gasteiger partial charge in [0.15, 0.2) is 0 Å². The standard InChI is InChI=1S/C24H31N3O5S/c1-3-4-10-21(23(25)28)26-15-16-27(22(24(26)29)17-18-8-6-5-7-9-18)33(30,31)20-13-11-19(32-2)12-14-20/h5-9,11-14,21-22H,3-4,10,15-17H2,1-2H3,(H2,25,28)/t21-,22+/m0/s1. The summed E-state index contributed by atoms with van der Waals surface area (Å²) >= 11 is 0. The van der Waals surface area contributed by atoms with Crippen LogP contribution in [-0.4, -0.2) is 61.7 Å². The van der Waals surface area contributed by atoms with Gasteiger partial charge in [-0.05, 0) is 42.7 Å². The van der Waals surface area contributed by atoms with Crippen molar-refractivity contribution in [1.29, 1.82) is 0 Å². The molecule has 8 nitrogen and oxygen atoms in total. The van der Waals surface area contributed by atoms with Crippen molar-refractivity contribution in [2.24, 2.45) is 5.73 Å². The summed E-state index contributed by atoms with van der Waals surface area (Å²) in [5, 5.41) is 0. The van der Waals surface area contributed by atoms with E-state index in [-0.39, 0.29) is 24.4 Å². The molecule has 9 heteroatoms. The van der Waals surface area contributed by atoms with Crippen molar-refractivity contribution in [3.63, 3.8) is 0 Å². The number of nitrogens with two attached hydrogens (primary N) is 1. The number of benzene rings is 2. The van der Waals surface area contributed by atoms with Gasteiger partial charge in [0, 0.05) is 13.1 Å². The number of nitrogens with zero attached hydrogens (tertiary/aromatic N) is 2. The molecule has 0 aliphatic carbocycles. The van der Waals surface area contributed by atoms with Gasteiger partial charge in [0.1, 0.15) is 17.8 Å². The van der Waals surface area contributed by atoms with Crippen LogP contribution in [0.4, 0.5) is 0 Å². The third-order valence-electron chi connectivity index (χ3n) is 5.95. The predicted molar refractivity (Wildman–Crippen MR) is 125 cm³/mol. The van der Waals surface area contributed by atoms with Crippen molar-refractivity contribution < 1.29 is 22.7 Å². The first-order valence-corrected chi connectivity index (χ1v) is 12.5. The van der Waals surface area contributed by atoms with E-state index < -0.39 is 33.9 Å². The number of sulfonamides is 1. The second-order valence-electron chi connectivity index (χ2n) is 8.09. The molecular formula is C24H31N3O5S. The van der Waals surface area contributed by atoms with Crippen LogP contribution in [0.1, 0.15) is 31.7 Å². The van der Waals surface area contributed by atoms with Gasteiger partial charge in [-0.15, -0.1) is 0 Å². The number of carbonyl (C=O) groups excluding carboxylic acids is 2. The molecule has 1 aliphatic heterocycles. The van der Waals surface area contributed by atoms with Crippen LogP contribution in [-0.2, 0) is 26.0 Å². The number of methoxy groups -OCH3 is 1. The number of hydrogen-bond acceptors (Lipinski definition) is 5. The van der Waals surface area contributed by atoms with Gasteiger partial charge in [0.2, 0.25) is 21.8 Å². The summed E-state index contributed by atoms with van der Waals surface area (Å²) in [7, 11) is -2.46. The first-order valence-electron chi connectivity index (χ1n) is 11.1. The monoisotopic (exact) mass is 473 g/mol. The van der Waals surface area contributed by atoms with Gasteiger partial charge < -0.3 is 15.4 Å². The predicted octanol–water partition coefficient (Wildman–Crippen LogP) is 2.18. The molecule has 1 fully saturated rings. The highest BCUT2D eigenvalue weighted by atomic mass is 32.2. The molecule has 2 N–H and O–H groups in total. The maximum absolute atomic E-state index is 13.6. The lowest BCUT2D eigenvalue weighted by atomic mass is 10.00. The highest BCUT2D eigenvalue weighted by Crippen LogP contribution is 2.27. The van der Waals surface area contributed by atoms with Gasteiger partial charge in [-0.1, -0.05) is 50.1 Å². The van der Waals surface area contributed by atoms with E-state index >= 15 is 0 Å². The highest BCUT2D eigenvalue weighted by molar-refractivity contribution is 7.89. The average Bonchev–Trinajstić information content (AvgIpc) is 2.81. The number of unbranched alkanes of at least 4 members (excludes halogenated alkanes) is 1. The van der Waals surface area contributed by atoms with Crippen LogP contribution >= 0.6 is 0 Å². The Morgan fingerprint density at radius 2 is 1.79 bits per heavy atom. The Morgan fingerprint density at radius 1 is 1.12 bits per heavy atom. The van der Waals surface area contributed by atoms with Crippen molar-refractivity contribution >= 4 is 21.8 Å². The molecule has 0 spiro atoms. The molecule has 2 aromatic carbocycles. The number of carbonyl (C=O) groups is 2. The van der Waals surface area contributed by atoms with E-state index in [9.17, 15) is 18.0 Å². The van der Waals surface area contributed by atoms with Gasteiger partial charge in [-0.25, -0.2) is 8.42 Å². The fraction of sp³-hybridized carbons (Fsp3) is 0.417. The fourth-order valence-corrected chi connectivity index (χ4v) is 5.72. The zero-order valence-electron chi connectivity index (χ0n) is 19.0. The molecule has 0 saturated carbocycles. The first-order chi connectivity index (χ1) is 15.8. The summed E-state index contributed by atoms with van der Waals surface area (Å²) in [6.45, 7) is 2.18. The number of ether oxygens (including phenoxy) is 1. The molecule has 0 bridgehead atoms. The molecule has 2 aromatic rings. The number of piperazine rings is 1. The zero-order chi connectivity index (χ0) is 24.0. The van der Waals surface area contributed by atoms with Crippen LogP contribution in [0.3, 0.4) is 0 Å². The van der Waals surface area contributed by atoms with Crippen LogP contribution in [0.5, 0.6) is 5.75 Å². The van der Waals surface area contributed by atoms with Crippen LogP contribution in [0.2, 0.25) is 0 Å². The Kier molecular flexibility index (Phi) is 8.10. The van der Waals surface area contributed by atoms with Crippen molar-refractivity contribution in [3.8, 4) is 5.75 Å². The third kappa shape index (κ3) is 5.54. The fourth-order valence-electron chi connectivity index (χ4n) is 4.14. The lowest BCUT2D eigenvalue weighted by Gasteiger charge is -2.42. The second kappa shape index (κ2) is 10.8. The highest BCUT2D eigenvalue weighted by Gasteiger charge is 2.44. The van der Waals surface area contributed by atoms with Gasteiger partial charge in [-0.2, -0.15) is 4.31 Å². The summed E-state index contributed by atoms with van der Waals surface area (Å²) in [6.07, 6.45) is 2.26. The van der Waals surface area contributed by atoms with Gasteiger partial charge in [-0.3, -0.25) is 9.59 Å². The van der Waals surface area contributed by atoms with Crippen molar-refractivity contribution in [2.75, 3.05) is 20.2 Å². The van der Waals surface area contributed by atoms with E-state index in [4.69, 9.17) is 10.5 Å². The van der Waals surface area contributed by atoms with E-state index in [2.05, 4.69) is 0 Å². The van der Waals surface area contributed by atoms with Gasteiger partial charge in [0.25, 0.3) is 0 Å². The molecule has 1 saturated heterocycles. The molecule has 2 atom stereocenters. The SMILES string of the molecule is CCCC[C@@H](C(N)=O)N1CCN(S(=O)(=O)c2ccc(OC)cc2)[C@H](Cc2ccccc2)C1=O. The smallest absolute Gasteiger partial charge is 0.243 e. The minimum Gasteiger partial charge on any atom is -0.497 e. The van der Waals surface area contributed by atoms with Crippen LogP contribution in [0.25, 0.3) is 0 Å². The Morgan fingerprint density at radius 3 is 2.36 bits per heavy atom. The Hall–Kier alpha value is -2.91. The first kappa shape index (κ1) is 24.7. The largest absolute Gasteiger partial charge is 0.497 e. The summed E-state index contributed by atoms with van der Waals surface area (Å²) in [6, 6.07) is 13.6. The summed E-state index contributed by atoms with van der Waals surface area (Å²) in [5.41, 5.74) is 6.46. The molecule has 33 heavy (non-hydrogen) atoms. The summed E-state index contributed by atoms with van der Waals surface area (Å²) in [4.78, 5) is 27.3. The molecular weight excluding hydrogens is 442 g/mol. The lowest BCUT2D eigenvalue weighted by Crippen LogP contribution is -2.63. The van der Waals surface area contributed by atoms with Gasteiger partial charge >= 0.3 is 0 Å². The number of primary amides is 1. The van der Waals surface area contributed by atoms with E-state index in [1.165, 1.54) is 28.4 Å².